The molecule has 0 aromatic carbocycles. The average molecular weight is 264 g/mol. The first-order chi connectivity index (χ1) is 8.72. The molecule has 1 atom stereocenters. The lowest BCUT2D eigenvalue weighted by Crippen LogP contribution is -2.38. The Morgan fingerprint density at radius 2 is 2.33 bits per heavy atom. The number of amides is 2. The number of rotatable bonds is 4. The van der Waals surface area contributed by atoms with Crippen LogP contribution < -0.4 is 5.32 Å². The lowest BCUT2D eigenvalue weighted by Gasteiger charge is -2.16. The van der Waals surface area contributed by atoms with E-state index in [1.807, 2.05) is 22.4 Å². The zero-order valence-corrected chi connectivity index (χ0v) is 10.9. The zero-order valence-electron chi connectivity index (χ0n) is 10.1. The van der Waals surface area contributed by atoms with Crippen molar-refractivity contribution >= 4 is 23.2 Å². The number of hydrogen-bond donors (Lipinski definition) is 1. The summed E-state index contributed by atoms with van der Waals surface area (Å²) in [6.07, 6.45) is 3.14. The van der Waals surface area contributed by atoms with Crippen LogP contribution in [0.3, 0.4) is 0 Å². The first kappa shape index (κ1) is 11.7. The largest absolute Gasteiger partial charge is 0.351 e. The Morgan fingerprint density at radius 1 is 1.50 bits per heavy atom. The summed E-state index contributed by atoms with van der Waals surface area (Å²) in [5, 5.41) is 4.93. The van der Waals surface area contributed by atoms with Gasteiger partial charge in [0.15, 0.2) is 0 Å². The van der Waals surface area contributed by atoms with Crippen molar-refractivity contribution in [1.82, 2.24) is 10.2 Å². The quantitative estimate of drug-likeness (QED) is 0.887. The van der Waals surface area contributed by atoms with Gasteiger partial charge in [-0.15, -0.1) is 11.3 Å². The van der Waals surface area contributed by atoms with Crippen LogP contribution >= 0.6 is 11.3 Å². The second-order valence-corrected chi connectivity index (χ2v) is 6.03. The van der Waals surface area contributed by atoms with Gasteiger partial charge in [0.2, 0.25) is 11.8 Å². The van der Waals surface area contributed by atoms with E-state index in [9.17, 15) is 9.59 Å². The van der Waals surface area contributed by atoms with Crippen molar-refractivity contribution in [3.8, 4) is 0 Å². The highest BCUT2D eigenvalue weighted by Crippen LogP contribution is 2.30. The lowest BCUT2D eigenvalue weighted by atomic mass is 10.2. The van der Waals surface area contributed by atoms with E-state index in [1.165, 1.54) is 0 Å². The molecule has 1 saturated carbocycles. The number of carbonyl (C=O) groups excluding carboxylic acids is 2. The molecule has 1 aromatic rings. The number of hydrogen-bond acceptors (Lipinski definition) is 3. The van der Waals surface area contributed by atoms with Crippen molar-refractivity contribution < 1.29 is 9.59 Å². The van der Waals surface area contributed by atoms with Crippen molar-refractivity contribution in [3.05, 3.63) is 22.4 Å². The summed E-state index contributed by atoms with van der Waals surface area (Å²) >= 11 is 1.59. The summed E-state index contributed by atoms with van der Waals surface area (Å²) in [4.78, 5) is 26.6. The molecule has 1 aliphatic heterocycles. The average Bonchev–Trinajstić information content (AvgIpc) is 2.92. The van der Waals surface area contributed by atoms with Gasteiger partial charge in [-0.1, -0.05) is 6.07 Å². The van der Waals surface area contributed by atoms with Crippen molar-refractivity contribution in [2.75, 3.05) is 6.54 Å². The van der Waals surface area contributed by atoms with E-state index in [2.05, 4.69) is 5.32 Å². The Bertz CT molecular complexity index is 454. The molecule has 2 heterocycles. The first-order valence-electron chi connectivity index (χ1n) is 6.33. The maximum absolute atomic E-state index is 11.8. The Hall–Kier alpha value is -1.36. The molecule has 0 spiro atoms. The van der Waals surface area contributed by atoms with E-state index in [1.54, 1.807) is 11.3 Å². The van der Waals surface area contributed by atoms with E-state index in [0.717, 1.165) is 17.7 Å². The second kappa shape index (κ2) is 4.72. The minimum Gasteiger partial charge on any atom is -0.351 e. The fraction of sp³-hybridized carbons (Fsp3) is 0.538. The normalized spacial score (nSPS) is 23.4. The van der Waals surface area contributed by atoms with Crippen LogP contribution in [-0.2, 0) is 16.0 Å². The van der Waals surface area contributed by atoms with Gasteiger partial charge in [-0.2, -0.15) is 0 Å². The van der Waals surface area contributed by atoms with Crippen molar-refractivity contribution in [1.29, 1.82) is 0 Å². The molecule has 0 radical (unpaired) electrons. The van der Waals surface area contributed by atoms with Gasteiger partial charge in [-0.05, 0) is 24.3 Å². The Kier molecular flexibility index (Phi) is 3.07. The SMILES string of the molecule is O=C(Cc1cccs1)NC1CC(=O)N(C2CC2)C1. The fourth-order valence-corrected chi connectivity index (χ4v) is 3.12. The van der Waals surface area contributed by atoms with E-state index in [-0.39, 0.29) is 17.9 Å². The van der Waals surface area contributed by atoms with E-state index in [4.69, 9.17) is 0 Å². The van der Waals surface area contributed by atoms with Crippen molar-refractivity contribution in [2.45, 2.75) is 37.8 Å². The van der Waals surface area contributed by atoms with E-state index < -0.39 is 0 Å². The Balaban J connectivity index is 1.51. The summed E-state index contributed by atoms with van der Waals surface area (Å²) in [7, 11) is 0. The third-order valence-electron chi connectivity index (χ3n) is 3.43. The lowest BCUT2D eigenvalue weighted by molar-refractivity contribution is -0.128. The monoisotopic (exact) mass is 264 g/mol. The highest BCUT2D eigenvalue weighted by atomic mass is 32.1. The van der Waals surface area contributed by atoms with Gasteiger partial charge in [-0.25, -0.2) is 0 Å². The molecule has 2 aliphatic rings. The third-order valence-corrected chi connectivity index (χ3v) is 4.30. The van der Waals surface area contributed by atoms with Gasteiger partial charge < -0.3 is 10.2 Å². The molecule has 18 heavy (non-hydrogen) atoms. The summed E-state index contributed by atoms with van der Waals surface area (Å²) in [6.45, 7) is 0.694. The highest BCUT2D eigenvalue weighted by molar-refractivity contribution is 7.10. The molecule has 1 aliphatic carbocycles. The molecular formula is C13H16N2O2S. The molecule has 4 nitrogen and oxygen atoms in total. The molecule has 96 valence electrons. The van der Waals surface area contributed by atoms with Crippen LogP contribution in [-0.4, -0.2) is 35.3 Å². The van der Waals surface area contributed by atoms with Crippen LogP contribution in [0.4, 0.5) is 0 Å². The number of nitrogens with one attached hydrogen (secondary N) is 1. The van der Waals surface area contributed by atoms with Gasteiger partial charge >= 0.3 is 0 Å². The summed E-state index contributed by atoms with van der Waals surface area (Å²) in [6, 6.07) is 4.36. The van der Waals surface area contributed by atoms with Crippen LogP contribution in [0, 0.1) is 0 Å². The third kappa shape index (κ3) is 2.56. The van der Waals surface area contributed by atoms with Gasteiger partial charge in [-0.3, -0.25) is 9.59 Å². The van der Waals surface area contributed by atoms with Gasteiger partial charge in [0.1, 0.15) is 0 Å². The molecular weight excluding hydrogens is 248 g/mol. The smallest absolute Gasteiger partial charge is 0.225 e. The van der Waals surface area contributed by atoms with Gasteiger partial charge in [0.05, 0.1) is 12.5 Å². The summed E-state index contributed by atoms with van der Waals surface area (Å²) in [5.74, 6) is 0.215. The summed E-state index contributed by atoms with van der Waals surface area (Å²) < 4.78 is 0. The van der Waals surface area contributed by atoms with Crippen LogP contribution in [0.25, 0.3) is 0 Å². The van der Waals surface area contributed by atoms with Crippen molar-refractivity contribution in [2.24, 2.45) is 0 Å². The van der Waals surface area contributed by atoms with Crippen molar-refractivity contribution in [3.63, 3.8) is 0 Å². The van der Waals surface area contributed by atoms with Gasteiger partial charge in [0, 0.05) is 23.9 Å². The number of likely N-dealkylation sites (tertiary alicyclic amines) is 1. The fourth-order valence-electron chi connectivity index (χ4n) is 2.42. The first-order valence-corrected chi connectivity index (χ1v) is 7.21. The molecule has 2 fully saturated rings. The standard InChI is InChI=1S/C13H16N2O2S/c16-12(7-11-2-1-5-18-11)14-9-6-13(17)15(8-9)10-3-4-10/h1-2,5,9-10H,3-4,6-8H2,(H,14,16). The zero-order chi connectivity index (χ0) is 12.5. The molecule has 1 saturated heterocycles. The Morgan fingerprint density at radius 3 is 3.00 bits per heavy atom. The number of nitrogens with zero attached hydrogens (tertiary/aromatic N) is 1. The number of carbonyl (C=O) groups is 2. The minimum atomic E-state index is 0.00515. The molecule has 0 bridgehead atoms. The predicted octanol–water partition coefficient (Wildman–Crippen LogP) is 1.17. The molecule has 3 rings (SSSR count). The van der Waals surface area contributed by atoms with Crippen LogP contribution in [0.15, 0.2) is 17.5 Å². The molecule has 1 N–H and O–H groups in total. The maximum atomic E-state index is 11.8. The molecule has 1 unspecified atom stereocenters. The second-order valence-electron chi connectivity index (χ2n) is 5.00. The molecule has 5 heteroatoms. The highest BCUT2D eigenvalue weighted by Gasteiger charge is 2.39. The number of thiophene rings is 1. The van der Waals surface area contributed by atoms with E-state index >= 15 is 0 Å². The van der Waals surface area contributed by atoms with Gasteiger partial charge in [0.25, 0.3) is 0 Å². The minimum absolute atomic E-state index is 0.00515. The molecule has 2 amide bonds. The van der Waals surface area contributed by atoms with Crippen LogP contribution in [0.1, 0.15) is 24.1 Å². The Labute approximate surface area is 110 Å². The summed E-state index contributed by atoms with van der Waals surface area (Å²) in [5.41, 5.74) is 0. The topological polar surface area (TPSA) is 49.4 Å². The van der Waals surface area contributed by atoms with Crippen LogP contribution in [0.2, 0.25) is 0 Å². The maximum Gasteiger partial charge on any atom is 0.225 e. The predicted molar refractivity (Wildman–Crippen MR) is 69.3 cm³/mol. The van der Waals surface area contributed by atoms with Crippen LogP contribution in [0.5, 0.6) is 0 Å². The molecule has 1 aromatic heterocycles. The van der Waals surface area contributed by atoms with E-state index in [0.29, 0.717) is 25.4 Å².